The Hall–Kier alpha value is -2.87. The zero-order chi connectivity index (χ0) is 20.0. The first-order valence-corrected chi connectivity index (χ1v) is 9.51. The van der Waals surface area contributed by atoms with E-state index in [1.165, 1.54) is 30.8 Å². The lowest BCUT2D eigenvalue weighted by molar-refractivity contribution is -0.387. The molecule has 0 aromatic heterocycles. The van der Waals surface area contributed by atoms with E-state index in [0.29, 0.717) is 10.6 Å². The minimum Gasteiger partial charge on any atom is -0.449 e. The molecule has 0 saturated heterocycles. The second-order valence-electron chi connectivity index (χ2n) is 5.73. The Morgan fingerprint density at radius 2 is 1.89 bits per heavy atom. The summed E-state index contributed by atoms with van der Waals surface area (Å²) in [4.78, 5) is 35.4. The number of esters is 1. The molecule has 27 heavy (non-hydrogen) atoms. The van der Waals surface area contributed by atoms with E-state index in [1.54, 1.807) is 18.4 Å². The Morgan fingerprint density at radius 1 is 1.22 bits per heavy atom. The van der Waals surface area contributed by atoms with Gasteiger partial charge >= 0.3 is 5.97 Å². The van der Waals surface area contributed by atoms with Crippen LogP contribution in [-0.4, -0.2) is 29.2 Å². The third-order valence-corrected chi connectivity index (χ3v) is 4.68. The highest BCUT2D eigenvalue weighted by molar-refractivity contribution is 7.98. The van der Waals surface area contributed by atoms with E-state index in [-0.39, 0.29) is 11.3 Å². The number of nitrogens with one attached hydrogen (secondary N) is 1. The molecule has 0 unspecified atom stereocenters. The van der Waals surface area contributed by atoms with Crippen LogP contribution in [0.3, 0.4) is 0 Å². The maximum absolute atomic E-state index is 12.2. The van der Waals surface area contributed by atoms with Gasteiger partial charge in [0, 0.05) is 11.8 Å². The normalized spacial score (nSPS) is 11.5. The Balaban J connectivity index is 2.04. The van der Waals surface area contributed by atoms with Crippen molar-refractivity contribution in [1.82, 2.24) is 0 Å². The van der Waals surface area contributed by atoms with E-state index in [4.69, 9.17) is 4.74 Å². The van der Waals surface area contributed by atoms with Crippen molar-refractivity contribution >= 4 is 35.0 Å². The van der Waals surface area contributed by atoms with Crippen LogP contribution in [0.4, 0.5) is 11.4 Å². The third-order valence-electron chi connectivity index (χ3n) is 3.89. The molecule has 0 heterocycles. The quantitative estimate of drug-likeness (QED) is 0.332. The van der Waals surface area contributed by atoms with Crippen LogP contribution in [0.5, 0.6) is 0 Å². The number of anilines is 1. The minimum absolute atomic E-state index is 0.0199. The first-order valence-electron chi connectivity index (χ1n) is 8.29. The number of nitrogens with zero attached hydrogens (tertiary/aromatic N) is 1. The molecule has 0 fully saturated rings. The molecule has 1 atom stereocenters. The van der Waals surface area contributed by atoms with Crippen LogP contribution in [0.2, 0.25) is 0 Å². The van der Waals surface area contributed by atoms with Gasteiger partial charge in [0.05, 0.1) is 15.4 Å². The maximum atomic E-state index is 12.2. The van der Waals surface area contributed by atoms with Crippen molar-refractivity contribution in [2.45, 2.75) is 31.3 Å². The van der Waals surface area contributed by atoms with Gasteiger partial charge in [-0.1, -0.05) is 19.1 Å². The highest BCUT2D eigenvalue weighted by Gasteiger charge is 2.22. The Morgan fingerprint density at radius 3 is 2.44 bits per heavy atom. The Bertz CT molecular complexity index is 852. The van der Waals surface area contributed by atoms with Crippen molar-refractivity contribution in [1.29, 1.82) is 0 Å². The van der Waals surface area contributed by atoms with Gasteiger partial charge in [0.15, 0.2) is 6.10 Å². The largest absolute Gasteiger partial charge is 0.449 e. The summed E-state index contributed by atoms with van der Waals surface area (Å²) in [6.07, 6.45) is 1.55. The predicted molar refractivity (Wildman–Crippen MR) is 104 cm³/mol. The number of ether oxygens (including phenoxy) is 1. The van der Waals surface area contributed by atoms with Crippen LogP contribution in [-0.2, 0) is 16.0 Å². The zero-order valence-electron chi connectivity index (χ0n) is 15.2. The van der Waals surface area contributed by atoms with E-state index >= 15 is 0 Å². The number of nitro groups is 1. The first kappa shape index (κ1) is 20.4. The number of benzene rings is 2. The van der Waals surface area contributed by atoms with Crippen LogP contribution in [0.25, 0.3) is 0 Å². The van der Waals surface area contributed by atoms with Crippen LogP contribution in [0.15, 0.2) is 47.4 Å². The predicted octanol–water partition coefficient (Wildman–Crippen LogP) is 4.06. The van der Waals surface area contributed by atoms with Crippen LogP contribution < -0.4 is 5.32 Å². The Kier molecular flexibility index (Phi) is 6.95. The second kappa shape index (κ2) is 9.18. The van der Waals surface area contributed by atoms with Gasteiger partial charge < -0.3 is 10.1 Å². The minimum atomic E-state index is -1.05. The van der Waals surface area contributed by atoms with Crippen LogP contribution in [0, 0.1) is 10.1 Å². The molecule has 0 aliphatic heterocycles. The molecular formula is C19H20N2O5S. The number of hydrogen-bond donors (Lipinski definition) is 1. The molecule has 0 aliphatic carbocycles. The number of carbonyl (C=O) groups excluding carboxylic acids is 2. The summed E-state index contributed by atoms with van der Waals surface area (Å²) in [7, 11) is 0. The lowest BCUT2D eigenvalue weighted by Crippen LogP contribution is -2.30. The van der Waals surface area contributed by atoms with Gasteiger partial charge in [-0.2, -0.15) is 0 Å². The summed E-state index contributed by atoms with van der Waals surface area (Å²) >= 11 is 1.21. The average Bonchev–Trinajstić information content (AvgIpc) is 2.67. The van der Waals surface area contributed by atoms with E-state index < -0.39 is 22.9 Å². The fourth-order valence-electron chi connectivity index (χ4n) is 2.31. The third kappa shape index (κ3) is 5.30. The molecule has 2 rings (SSSR count). The highest BCUT2D eigenvalue weighted by Crippen LogP contribution is 2.28. The smallest absolute Gasteiger partial charge is 0.339 e. The summed E-state index contributed by atoms with van der Waals surface area (Å²) in [5.41, 5.74) is 1.58. The van der Waals surface area contributed by atoms with Gasteiger partial charge in [-0.25, -0.2) is 4.79 Å². The molecule has 1 amide bonds. The summed E-state index contributed by atoms with van der Waals surface area (Å²) in [5, 5.41) is 13.8. The van der Waals surface area contributed by atoms with Crippen molar-refractivity contribution in [3.8, 4) is 0 Å². The number of thioether (sulfide) groups is 1. The molecule has 0 radical (unpaired) electrons. The number of amides is 1. The highest BCUT2D eigenvalue weighted by atomic mass is 32.2. The van der Waals surface area contributed by atoms with Crippen LogP contribution in [0.1, 0.15) is 29.8 Å². The van der Waals surface area contributed by atoms with Gasteiger partial charge in [-0.15, -0.1) is 11.8 Å². The van der Waals surface area contributed by atoms with Gasteiger partial charge in [0.25, 0.3) is 11.6 Å². The molecule has 2 aromatic carbocycles. The maximum Gasteiger partial charge on any atom is 0.339 e. The van der Waals surface area contributed by atoms with Crippen LogP contribution >= 0.6 is 11.8 Å². The number of aryl methyl sites for hydroxylation is 1. The molecule has 0 bridgehead atoms. The molecular weight excluding hydrogens is 368 g/mol. The van der Waals surface area contributed by atoms with Crippen molar-refractivity contribution in [3.05, 3.63) is 63.7 Å². The van der Waals surface area contributed by atoms with Crippen molar-refractivity contribution in [2.75, 3.05) is 11.6 Å². The lowest BCUT2D eigenvalue weighted by atomic mass is 10.1. The van der Waals surface area contributed by atoms with E-state index in [9.17, 15) is 19.7 Å². The second-order valence-corrected chi connectivity index (χ2v) is 6.58. The first-order chi connectivity index (χ1) is 12.8. The summed E-state index contributed by atoms with van der Waals surface area (Å²) in [6.45, 7) is 3.48. The molecule has 2 aromatic rings. The molecule has 1 N–H and O–H groups in total. The number of hydrogen-bond acceptors (Lipinski definition) is 6. The Labute approximate surface area is 161 Å². The van der Waals surface area contributed by atoms with Gasteiger partial charge in [0.2, 0.25) is 0 Å². The van der Waals surface area contributed by atoms with E-state index in [0.717, 1.165) is 18.1 Å². The molecule has 0 saturated carbocycles. The SMILES string of the molecule is CCc1ccc(NC(=O)[C@H](C)OC(=O)c2ccc(SC)c([N+](=O)[O-])c2)cc1. The molecule has 7 nitrogen and oxygen atoms in total. The standard InChI is InChI=1S/C19H20N2O5S/c1-4-13-5-8-15(9-6-13)20-18(22)12(2)26-19(23)14-7-10-17(27-3)16(11-14)21(24)25/h5-12H,4H2,1-3H3,(H,20,22)/t12-/m0/s1. The number of carbonyl (C=O) groups is 2. The molecule has 0 aliphatic rings. The van der Waals surface area contributed by atoms with Crippen molar-refractivity contribution in [2.24, 2.45) is 0 Å². The molecule has 8 heteroatoms. The molecule has 142 valence electrons. The van der Waals surface area contributed by atoms with Gasteiger partial charge in [-0.05, 0) is 49.4 Å². The average molecular weight is 388 g/mol. The fourth-order valence-corrected chi connectivity index (χ4v) is 2.86. The van der Waals surface area contributed by atoms with Gasteiger partial charge in [0.1, 0.15) is 0 Å². The number of rotatable bonds is 7. The van der Waals surface area contributed by atoms with Gasteiger partial charge in [-0.3, -0.25) is 14.9 Å². The lowest BCUT2D eigenvalue weighted by Gasteiger charge is -2.14. The van der Waals surface area contributed by atoms with E-state index in [1.807, 2.05) is 19.1 Å². The summed E-state index contributed by atoms with van der Waals surface area (Å²) < 4.78 is 5.14. The molecule has 0 spiro atoms. The van der Waals surface area contributed by atoms with Crippen molar-refractivity contribution < 1.29 is 19.2 Å². The zero-order valence-corrected chi connectivity index (χ0v) is 16.0. The summed E-state index contributed by atoms with van der Waals surface area (Å²) in [5.74, 6) is -1.28. The van der Waals surface area contributed by atoms with E-state index in [2.05, 4.69) is 5.32 Å². The summed E-state index contributed by atoms with van der Waals surface area (Å²) in [6, 6.07) is 11.4. The monoisotopic (exact) mass is 388 g/mol. The number of nitro benzene ring substituents is 1. The fraction of sp³-hybridized carbons (Fsp3) is 0.263. The van der Waals surface area contributed by atoms with Crippen molar-refractivity contribution in [3.63, 3.8) is 0 Å². The topological polar surface area (TPSA) is 98.5 Å².